The summed E-state index contributed by atoms with van der Waals surface area (Å²) >= 11 is 2.89. The van der Waals surface area contributed by atoms with Gasteiger partial charge in [-0.2, -0.15) is 0 Å². The fourth-order valence-corrected chi connectivity index (χ4v) is 7.10. The molecule has 6 rings (SSSR count). The third kappa shape index (κ3) is 6.33. The minimum Gasteiger partial charge on any atom is -0.362 e. The highest BCUT2D eigenvalue weighted by Crippen LogP contribution is 2.42. The summed E-state index contributed by atoms with van der Waals surface area (Å²) in [6.45, 7) is 11.2. The van der Waals surface area contributed by atoms with Crippen molar-refractivity contribution in [2.45, 2.75) is 58.0 Å². The van der Waals surface area contributed by atoms with Crippen molar-refractivity contribution in [3.05, 3.63) is 59.6 Å². The van der Waals surface area contributed by atoms with Gasteiger partial charge in [0.05, 0.1) is 38.8 Å². The Kier molecular flexibility index (Phi) is 8.54. The second-order valence-corrected chi connectivity index (χ2v) is 14.0. The Bertz CT molecular complexity index is 1550. The van der Waals surface area contributed by atoms with Gasteiger partial charge in [-0.3, -0.25) is 0 Å². The lowest BCUT2D eigenvalue weighted by Crippen LogP contribution is -2.52. The number of rotatable bonds is 9. The molecule has 0 saturated carbocycles. The monoisotopic (exact) mass is 619 g/mol. The van der Waals surface area contributed by atoms with Gasteiger partial charge in [-0.25, -0.2) is 28.6 Å². The van der Waals surface area contributed by atoms with Gasteiger partial charge in [0, 0.05) is 61.0 Å². The van der Waals surface area contributed by atoms with Crippen LogP contribution in [0.15, 0.2) is 48.8 Å². The second kappa shape index (κ2) is 12.4. The summed E-state index contributed by atoms with van der Waals surface area (Å²) in [6, 6.07) is 12.4. The first-order chi connectivity index (χ1) is 20.7. The van der Waals surface area contributed by atoms with E-state index in [-0.39, 0.29) is 11.2 Å². The van der Waals surface area contributed by atoms with Crippen molar-refractivity contribution in [3.8, 4) is 21.8 Å². The SMILES string of the molecule is CCN(C)SNc1cccc(-c2nc(C(C)(C)C)sc2-c2ccnc(Nc3ccc(N4C5CCC4CNC5)cn3)n2)c1F. The van der Waals surface area contributed by atoms with Crippen molar-refractivity contribution in [1.29, 1.82) is 0 Å². The number of thiazole rings is 1. The van der Waals surface area contributed by atoms with E-state index in [0.29, 0.717) is 46.5 Å². The number of benzene rings is 1. The number of nitrogens with zero attached hydrogens (tertiary/aromatic N) is 6. The van der Waals surface area contributed by atoms with E-state index >= 15 is 4.39 Å². The molecule has 2 saturated heterocycles. The molecule has 2 unspecified atom stereocenters. The van der Waals surface area contributed by atoms with Crippen LogP contribution in [-0.2, 0) is 5.41 Å². The number of piperazine rings is 1. The fourth-order valence-electron chi connectivity index (χ4n) is 5.46. The summed E-state index contributed by atoms with van der Waals surface area (Å²) in [4.78, 5) is 22.2. The van der Waals surface area contributed by atoms with Crippen LogP contribution in [0.1, 0.15) is 45.5 Å². The van der Waals surface area contributed by atoms with Crippen molar-refractivity contribution < 1.29 is 4.39 Å². The summed E-state index contributed by atoms with van der Waals surface area (Å²) in [5.74, 6) is 0.746. The molecule has 5 heterocycles. The minimum atomic E-state index is -0.346. The maximum Gasteiger partial charge on any atom is 0.228 e. The number of nitrogens with one attached hydrogen (secondary N) is 3. The van der Waals surface area contributed by atoms with E-state index in [2.05, 4.69) is 57.1 Å². The zero-order valence-corrected chi connectivity index (χ0v) is 26.8. The molecule has 226 valence electrons. The van der Waals surface area contributed by atoms with Crippen molar-refractivity contribution >= 4 is 46.6 Å². The van der Waals surface area contributed by atoms with Gasteiger partial charge in [-0.05, 0) is 50.2 Å². The van der Waals surface area contributed by atoms with Crippen molar-refractivity contribution in [1.82, 2.24) is 29.6 Å². The molecule has 2 fully saturated rings. The van der Waals surface area contributed by atoms with Gasteiger partial charge in [-0.15, -0.1) is 11.3 Å². The lowest BCUT2D eigenvalue weighted by molar-refractivity contribution is 0.484. The lowest BCUT2D eigenvalue weighted by atomic mass is 9.98. The van der Waals surface area contributed by atoms with Crippen LogP contribution in [0, 0.1) is 5.82 Å². The Hall–Kier alpha value is -3.32. The van der Waals surface area contributed by atoms with Gasteiger partial charge in [-0.1, -0.05) is 33.8 Å². The molecule has 1 aromatic carbocycles. The molecule has 2 aliphatic rings. The van der Waals surface area contributed by atoms with Crippen LogP contribution in [-0.4, -0.2) is 63.0 Å². The topological polar surface area (TPSA) is 94.1 Å². The highest BCUT2D eigenvalue weighted by Gasteiger charge is 2.36. The maximum atomic E-state index is 15.9. The van der Waals surface area contributed by atoms with E-state index in [9.17, 15) is 0 Å². The van der Waals surface area contributed by atoms with Crippen molar-refractivity contribution in [3.63, 3.8) is 0 Å². The number of hydrogen-bond donors (Lipinski definition) is 3. The van der Waals surface area contributed by atoms with E-state index in [0.717, 1.165) is 35.2 Å². The first-order valence-corrected chi connectivity index (χ1v) is 16.3. The van der Waals surface area contributed by atoms with Crippen LogP contribution in [0.3, 0.4) is 0 Å². The summed E-state index contributed by atoms with van der Waals surface area (Å²) < 4.78 is 21.0. The van der Waals surface area contributed by atoms with Crippen molar-refractivity contribution in [2.75, 3.05) is 41.6 Å². The Morgan fingerprint density at radius 3 is 2.58 bits per heavy atom. The van der Waals surface area contributed by atoms with Gasteiger partial charge in [0.1, 0.15) is 5.82 Å². The Morgan fingerprint density at radius 2 is 1.88 bits per heavy atom. The average Bonchev–Trinajstić information content (AvgIpc) is 3.55. The van der Waals surface area contributed by atoms with Crippen LogP contribution in [0.2, 0.25) is 0 Å². The molecule has 0 spiro atoms. The molecular weight excluding hydrogens is 582 g/mol. The molecule has 2 aliphatic heterocycles. The Balaban J connectivity index is 1.28. The highest BCUT2D eigenvalue weighted by atomic mass is 32.2. The molecule has 0 aliphatic carbocycles. The number of fused-ring (bicyclic) bond motifs is 2. The van der Waals surface area contributed by atoms with Crippen LogP contribution in [0.5, 0.6) is 0 Å². The van der Waals surface area contributed by atoms with Crippen LogP contribution in [0.25, 0.3) is 21.8 Å². The molecule has 9 nitrogen and oxygen atoms in total. The predicted molar refractivity (Wildman–Crippen MR) is 176 cm³/mol. The summed E-state index contributed by atoms with van der Waals surface area (Å²) in [5, 5.41) is 7.70. The number of anilines is 4. The first kappa shape index (κ1) is 29.7. The molecule has 2 bridgehead atoms. The standard InChI is InChI=1S/C31H38FN9S2/c1-6-40(5)43-39-23-9-7-8-22(26(23)32)27-28(42-29(38-27)31(2,3)4)24-14-15-34-30(36-24)37-25-13-12-21(18-35-25)41-19-10-11-20(41)17-33-16-19/h7-9,12-15,18-20,33,39H,6,10-11,16-17H2,1-5H3,(H,34,35,36,37). The second-order valence-electron chi connectivity index (χ2n) is 12.0. The highest BCUT2D eigenvalue weighted by molar-refractivity contribution is 7.98. The van der Waals surface area contributed by atoms with Crippen molar-refractivity contribution in [2.24, 2.45) is 0 Å². The number of pyridine rings is 1. The molecule has 4 aromatic rings. The molecule has 43 heavy (non-hydrogen) atoms. The zero-order valence-electron chi connectivity index (χ0n) is 25.2. The van der Waals surface area contributed by atoms with E-state index < -0.39 is 0 Å². The van der Waals surface area contributed by atoms with Gasteiger partial charge in [0.25, 0.3) is 0 Å². The molecule has 3 N–H and O–H groups in total. The molecular formula is C31H38FN9S2. The minimum absolute atomic E-state index is 0.215. The molecule has 12 heteroatoms. The van der Waals surface area contributed by atoms with Crippen LogP contribution in [0.4, 0.5) is 27.5 Å². The van der Waals surface area contributed by atoms with Crippen LogP contribution >= 0.6 is 23.5 Å². The quantitative estimate of drug-likeness (QED) is 0.176. The predicted octanol–water partition coefficient (Wildman–Crippen LogP) is 6.71. The largest absolute Gasteiger partial charge is 0.362 e. The van der Waals surface area contributed by atoms with E-state index in [1.54, 1.807) is 18.3 Å². The molecule has 0 amide bonds. The summed E-state index contributed by atoms with van der Waals surface area (Å²) in [7, 11) is 1.95. The smallest absolute Gasteiger partial charge is 0.228 e. The lowest BCUT2D eigenvalue weighted by Gasteiger charge is -2.37. The van der Waals surface area contributed by atoms with E-state index in [4.69, 9.17) is 9.97 Å². The number of hydrogen-bond acceptors (Lipinski definition) is 11. The summed E-state index contributed by atoms with van der Waals surface area (Å²) in [6.07, 6.45) is 6.08. The molecule has 2 atom stereocenters. The third-order valence-electron chi connectivity index (χ3n) is 7.83. The van der Waals surface area contributed by atoms with Gasteiger partial charge >= 0.3 is 0 Å². The fraction of sp³-hybridized carbons (Fsp3) is 0.419. The van der Waals surface area contributed by atoms with E-state index in [1.165, 1.54) is 36.3 Å². The third-order valence-corrected chi connectivity index (χ3v) is 10.2. The van der Waals surface area contributed by atoms with Gasteiger partial charge in [0.15, 0.2) is 5.82 Å². The van der Waals surface area contributed by atoms with E-state index in [1.807, 2.05) is 42.7 Å². The normalized spacial score (nSPS) is 18.3. The Morgan fingerprint density at radius 1 is 1.09 bits per heavy atom. The molecule has 0 radical (unpaired) electrons. The number of aromatic nitrogens is 4. The van der Waals surface area contributed by atoms with Crippen LogP contribution < -0.4 is 20.3 Å². The Labute approximate surface area is 261 Å². The number of halogens is 1. The summed E-state index contributed by atoms with van der Waals surface area (Å²) in [5.41, 5.74) is 3.02. The van der Waals surface area contributed by atoms with Gasteiger partial charge in [0.2, 0.25) is 5.95 Å². The van der Waals surface area contributed by atoms with Gasteiger partial charge < -0.3 is 20.3 Å². The molecule has 3 aromatic heterocycles. The average molecular weight is 620 g/mol. The maximum absolute atomic E-state index is 15.9. The first-order valence-electron chi connectivity index (χ1n) is 14.7. The zero-order chi connectivity index (χ0) is 30.1.